The number of likely N-dealkylation sites (N-methyl/N-ethyl adjacent to an activating group) is 1. The van der Waals surface area contributed by atoms with Crippen molar-refractivity contribution in [1.29, 1.82) is 0 Å². The van der Waals surface area contributed by atoms with Crippen molar-refractivity contribution in [3.05, 3.63) is 15.6 Å². The number of nitrogens with zero attached hydrogens (tertiary/aromatic N) is 2. The summed E-state index contributed by atoms with van der Waals surface area (Å²) < 4.78 is 0. The average molecular weight is 253 g/mol. The molecule has 0 radical (unpaired) electrons. The van der Waals surface area contributed by atoms with E-state index in [0.29, 0.717) is 12.1 Å². The van der Waals surface area contributed by atoms with E-state index in [4.69, 9.17) is 0 Å². The van der Waals surface area contributed by atoms with Crippen LogP contribution < -0.4 is 5.32 Å². The number of thiazole rings is 1. The van der Waals surface area contributed by atoms with Crippen LogP contribution in [0.25, 0.3) is 0 Å². The molecule has 2 rings (SSSR count). The van der Waals surface area contributed by atoms with Crippen LogP contribution in [0.1, 0.15) is 41.4 Å². The summed E-state index contributed by atoms with van der Waals surface area (Å²) in [5.41, 5.74) is 1.22. The Morgan fingerprint density at radius 1 is 1.53 bits per heavy atom. The number of hydrogen-bond acceptors (Lipinski definition) is 4. The first kappa shape index (κ1) is 13.0. The summed E-state index contributed by atoms with van der Waals surface area (Å²) in [5, 5.41) is 4.50. The molecule has 1 fully saturated rings. The molecule has 96 valence electrons. The first-order valence-electron chi connectivity index (χ1n) is 6.47. The third kappa shape index (κ3) is 2.69. The molecule has 1 aliphatic heterocycles. The van der Waals surface area contributed by atoms with Gasteiger partial charge >= 0.3 is 0 Å². The summed E-state index contributed by atoms with van der Waals surface area (Å²) in [6.07, 6.45) is 2.65. The molecular formula is C13H23N3S. The van der Waals surface area contributed by atoms with Gasteiger partial charge in [-0.3, -0.25) is 4.90 Å². The van der Waals surface area contributed by atoms with Crippen molar-refractivity contribution in [3.63, 3.8) is 0 Å². The van der Waals surface area contributed by atoms with E-state index in [-0.39, 0.29) is 0 Å². The van der Waals surface area contributed by atoms with Crippen LogP contribution in [-0.4, -0.2) is 36.1 Å². The Hall–Kier alpha value is -0.450. The van der Waals surface area contributed by atoms with Gasteiger partial charge in [-0.1, -0.05) is 0 Å². The number of hydrogen-bond donors (Lipinski definition) is 1. The highest BCUT2D eigenvalue weighted by Gasteiger charge is 2.30. The number of aromatic nitrogens is 1. The zero-order chi connectivity index (χ0) is 12.4. The van der Waals surface area contributed by atoms with Crippen molar-refractivity contribution in [3.8, 4) is 0 Å². The van der Waals surface area contributed by atoms with Crippen LogP contribution in [0.4, 0.5) is 0 Å². The zero-order valence-electron chi connectivity index (χ0n) is 11.3. The van der Waals surface area contributed by atoms with Gasteiger partial charge in [0, 0.05) is 23.5 Å². The van der Waals surface area contributed by atoms with Crippen LogP contribution in [0.2, 0.25) is 0 Å². The lowest BCUT2D eigenvalue weighted by atomic mass is 10.1. The molecule has 1 aliphatic rings. The van der Waals surface area contributed by atoms with Crippen LogP contribution in [0, 0.1) is 13.8 Å². The van der Waals surface area contributed by atoms with Crippen molar-refractivity contribution in [1.82, 2.24) is 15.2 Å². The summed E-state index contributed by atoms with van der Waals surface area (Å²) in [5.74, 6) is 0. The molecule has 2 heterocycles. The van der Waals surface area contributed by atoms with Gasteiger partial charge in [-0.2, -0.15) is 0 Å². The molecule has 2 atom stereocenters. The predicted octanol–water partition coefficient (Wildman–Crippen LogP) is 2.50. The van der Waals surface area contributed by atoms with Gasteiger partial charge in [-0.05, 0) is 47.2 Å². The summed E-state index contributed by atoms with van der Waals surface area (Å²) in [6, 6.07) is 1.21. The predicted molar refractivity (Wildman–Crippen MR) is 73.7 cm³/mol. The van der Waals surface area contributed by atoms with E-state index in [2.05, 4.69) is 36.0 Å². The van der Waals surface area contributed by atoms with Crippen LogP contribution >= 0.6 is 11.3 Å². The molecule has 4 heteroatoms. The van der Waals surface area contributed by atoms with Gasteiger partial charge in [-0.25, -0.2) is 4.98 Å². The van der Waals surface area contributed by atoms with Crippen molar-refractivity contribution in [2.45, 2.75) is 45.7 Å². The van der Waals surface area contributed by atoms with Crippen molar-refractivity contribution in [2.75, 3.05) is 20.1 Å². The standard InChI is InChI=1S/C13H23N3S/c1-9-13(17-11(3)15-9)10(2)16-7-5-6-12(16)8-14-4/h10,12,14H,5-8H2,1-4H3. The largest absolute Gasteiger partial charge is 0.318 e. The van der Waals surface area contributed by atoms with Gasteiger partial charge in [0.2, 0.25) is 0 Å². The average Bonchev–Trinajstić information content (AvgIpc) is 2.85. The molecule has 2 unspecified atom stereocenters. The van der Waals surface area contributed by atoms with Gasteiger partial charge in [0.05, 0.1) is 10.7 Å². The first-order chi connectivity index (χ1) is 8.13. The SMILES string of the molecule is CNCC1CCCN1C(C)c1sc(C)nc1C. The van der Waals surface area contributed by atoms with E-state index < -0.39 is 0 Å². The van der Waals surface area contributed by atoms with Crippen LogP contribution in [0.3, 0.4) is 0 Å². The molecule has 0 amide bonds. The Kier molecular flexibility index (Phi) is 4.17. The molecule has 1 N–H and O–H groups in total. The molecule has 0 spiro atoms. The number of aryl methyl sites for hydroxylation is 2. The lowest BCUT2D eigenvalue weighted by Gasteiger charge is -2.30. The molecule has 3 nitrogen and oxygen atoms in total. The normalized spacial score (nSPS) is 23.2. The number of nitrogens with one attached hydrogen (secondary N) is 1. The monoisotopic (exact) mass is 253 g/mol. The van der Waals surface area contributed by atoms with E-state index in [1.54, 1.807) is 0 Å². The van der Waals surface area contributed by atoms with Crippen LogP contribution in [-0.2, 0) is 0 Å². The summed E-state index contributed by atoms with van der Waals surface area (Å²) >= 11 is 1.86. The summed E-state index contributed by atoms with van der Waals surface area (Å²) in [6.45, 7) is 8.89. The molecular weight excluding hydrogens is 230 g/mol. The van der Waals surface area contributed by atoms with E-state index in [1.165, 1.54) is 35.0 Å². The molecule has 1 aromatic rings. The first-order valence-corrected chi connectivity index (χ1v) is 7.29. The van der Waals surface area contributed by atoms with E-state index in [0.717, 1.165) is 6.54 Å². The molecule has 0 saturated carbocycles. The maximum Gasteiger partial charge on any atom is 0.0900 e. The van der Waals surface area contributed by atoms with E-state index in [9.17, 15) is 0 Å². The number of rotatable bonds is 4. The highest BCUT2D eigenvalue weighted by molar-refractivity contribution is 7.11. The minimum absolute atomic E-state index is 0.516. The second-order valence-electron chi connectivity index (χ2n) is 4.95. The smallest absolute Gasteiger partial charge is 0.0900 e. The Balaban J connectivity index is 2.13. The minimum Gasteiger partial charge on any atom is -0.318 e. The Morgan fingerprint density at radius 3 is 2.88 bits per heavy atom. The van der Waals surface area contributed by atoms with Crippen molar-refractivity contribution < 1.29 is 0 Å². The Morgan fingerprint density at radius 2 is 2.29 bits per heavy atom. The van der Waals surface area contributed by atoms with Crippen molar-refractivity contribution >= 4 is 11.3 Å². The summed E-state index contributed by atoms with van der Waals surface area (Å²) in [7, 11) is 2.04. The lowest BCUT2D eigenvalue weighted by molar-refractivity contribution is 0.193. The Bertz CT molecular complexity index is 375. The molecule has 0 aromatic carbocycles. The van der Waals surface area contributed by atoms with Gasteiger partial charge in [-0.15, -0.1) is 11.3 Å². The quantitative estimate of drug-likeness (QED) is 0.893. The molecule has 1 aromatic heterocycles. The van der Waals surface area contributed by atoms with Crippen molar-refractivity contribution in [2.24, 2.45) is 0 Å². The molecule has 0 bridgehead atoms. The molecule has 0 aliphatic carbocycles. The fraction of sp³-hybridized carbons (Fsp3) is 0.769. The topological polar surface area (TPSA) is 28.2 Å². The van der Waals surface area contributed by atoms with E-state index >= 15 is 0 Å². The third-order valence-electron chi connectivity index (χ3n) is 3.68. The fourth-order valence-electron chi connectivity index (χ4n) is 2.91. The van der Waals surface area contributed by atoms with Crippen LogP contribution in [0.15, 0.2) is 0 Å². The van der Waals surface area contributed by atoms with Gasteiger partial charge < -0.3 is 5.32 Å². The highest BCUT2D eigenvalue weighted by atomic mass is 32.1. The Labute approximate surface area is 108 Å². The third-order valence-corrected chi connectivity index (χ3v) is 4.92. The number of likely N-dealkylation sites (tertiary alicyclic amines) is 1. The highest BCUT2D eigenvalue weighted by Crippen LogP contribution is 2.33. The maximum atomic E-state index is 4.55. The second-order valence-corrected chi connectivity index (χ2v) is 6.18. The molecule has 1 saturated heterocycles. The molecule has 17 heavy (non-hydrogen) atoms. The van der Waals surface area contributed by atoms with Crippen LogP contribution in [0.5, 0.6) is 0 Å². The van der Waals surface area contributed by atoms with Gasteiger partial charge in [0.25, 0.3) is 0 Å². The maximum absolute atomic E-state index is 4.55. The van der Waals surface area contributed by atoms with E-state index in [1.807, 2.05) is 18.4 Å². The zero-order valence-corrected chi connectivity index (χ0v) is 12.1. The van der Waals surface area contributed by atoms with Gasteiger partial charge in [0.1, 0.15) is 0 Å². The van der Waals surface area contributed by atoms with Gasteiger partial charge in [0.15, 0.2) is 0 Å². The minimum atomic E-state index is 0.516. The lowest BCUT2D eigenvalue weighted by Crippen LogP contribution is -2.38. The fourth-order valence-corrected chi connectivity index (χ4v) is 3.91. The summed E-state index contributed by atoms with van der Waals surface area (Å²) in [4.78, 5) is 8.64. The second kappa shape index (κ2) is 5.46.